The maximum Gasteiger partial charge on any atom is 0.329 e. The Morgan fingerprint density at radius 2 is 1.83 bits per heavy atom. The predicted molar refractivity (Wildman–Crippen MR) is 100 cm³/mol. The monoisotopic (exact) mass is 392 g/mol. The molecule has 0 saturated carbocycles. The Morgan fingerprint density at radius 3 is 2.55 bits per heavy atom. The van der Waals surface area contributed by atoms with Crippen molar-refractivity contribution in [2.45, 2.75) is 13.1 Å². The van der Waals surface area contributed by atoms with Gasteiger partial charge in [-0.2, -0.15) is 0 Å². The van der Waals surface area contributed by atoms with E-state index < -0.39 is 23.7 Å². The third-order valence-corrected chi connectivity index (χ3v) is 4.63. The van der Waals surface area contributed by atoms with Gasteiger partial charge in [-0.15, -0.1) is 0 Å². The molecule has 29 heavy (non-hydrogen) atoms. The number of hydrogen-bond donors (Lipinski definition) is 1. The fraction of sp³-hybridized carbons (Fsp3) is 0.0952. The van der Waals surface area contributed by atoms with E-state index in [4.69, 9.17) is 0 Å². The number of fused-ring (bicyclic) bond motifs is 1. The lowest BCUT2D eigenvalue weighted by atomic mass is 10.1. The smallest absolute Gasteiger partial charge is 0.329 e. The fourth-order valence-corrected chi connectivity index (χ4v) is 3.30. The van der Waals surface area contributed by atoms with Crippen molar-refractivity contribution in [2.24, 2.45) is 0 Å². The van der Waals surface area contributed by atoms with Gasteiger partial charge in [-0.05, 0) is 29.8 Å². The molecular formula is C21H15FN3O4-. The van der Waals surface area contributed by atoms with Gasteiger partial charge in [0.2, 0.25) is 0 Å². The second-order valence-corrected chi connectivity index (χ2v) is 6.61. The molecule has 1 fully saturated rings. The van der Waals surface area contributed by atoms with Crippen LogP contribution in [0.3, 0.4) is 0 Å². The lowest BCUT2D eigenvalue weighted by molar-refractivity contribution is -0.306. The van der Waals surface area contributed by atoms with Crippen molar-refractivity contribution in [3.05, 3.63) is 77.4 Å². The summed E-state index contributed by atoms with van der Waals surface area (Å²) in [6.07, 6.45) is 3.11. The number of nitrogens with one attached hydrogen (secondary N) is 1. The molecular weight excluding hydrogens is 377 g/mol. The zero-order chi connectivity index (χ0) is 20.5. The Labute approximate surface area is 164 Å². The zero-order valence-electron chi connectivity index (χ0n) is 15.1. The summed E-state index contributed by atoms with van der Waals surface area (Å²) in [5.74, 6) is -2.16. The number of carbonyl (C=O) groups is 3. The van der Waals surface area contributed by atoms with E-state index in [9.17, 15) is 23.9 Å². The summed E-state index contributed by atoms with van der Waals surface area (Å²) < 4.78 is 14.6. The number of para-hydroxylation sites is 1. The minimum Gasteiger partial charge on any atom is -0.548 e. The first-order valence-electron chi connectivity index (χ1n) is 8.79. The second kappa shape index (κ2) is 7.23. The molecule has 0 spiro atoms. The van der Waals surface area contributed by atoms with E-state index in [1.807, 2.05) is 0 Å². The van der Waals surface area contributed by atoms with Gasteiger partial charge in [0, 0.05) is 22.7 Å². The molecule has 0 radical (unpaired) electrons. The van der Waals surface area contributed by atoms with Crippen LogP contribution in [0.2, 0.25) is 0 Å². The number of amides is 3. The van der Waals surface area contributed by atoms with Gasteiger partial charge >= 0.3 is 6.03 Å². The van der Waals surface area contributed by atoms with Crippen molar-refractivity contribution in [2.75, 3.05) is 0 Å². The van der Waals surface area contributed by atoms with Crippen LogP contribution in [0.4, 0.5) is 9.18 Å². The highest BCUT2D eigenvalue weighted by atomic mass is 19.1. The molecule has 1 aromatic heterocycles. The normalized spacial score (nSPS) is 15.3. The summed E-state index contributed by atoms with van der Waals surface area (Å²) >= 11 is 0. The van der Waals surface area contributed by atoms with Gasteiger partial charge in [0.1, 0.15) is 11.5 Å². The number of carbonyl (C=O) groups excluding carboxylic acids is 3. The third kappa shape index (κ3) is 3.60. The van der Waals surface area contributed by atoms with Crippen LogP contribution in [0.15, 0.2) is 60.4 Å². The van der Waals surface area contributed by atoms with Gasteiger partial charge in [0.15, 0.2) is 0 Å². The van der Waals surface area contributed by atoms with Crippen molar-refractivity contribution in [1.82, 2.24) is 14.8 Å². The molecule has 0 aliphatic carbocycles. The minimum atomic E-state index is -1.24. The molecule has 1 saturated heterocycles. The van der Waals surface area contributed by atoms with Crippen LogP contribution in [-0.2, 0) is 22.7 Å². The lowest BCUT2D eigenvalue weighted by Crippen LogP contribution is -2.30. The molecule has 2 heterocycles. The minimum absolute atomic E-state index is 0.00866. The standard InChI is InChI=1S/C21H16FN3O4/c22-15-7-5-13(6-8-15)10-25-20(28)17(23-21(25)29)9-14-11-24(12-19(26)27)18-4-2-1-3-16(14)18/h1-9,11H,10,12H2,(H,23,29)(H,26,27)/p-1/b17-9+. The van der Waals surface area contributed by atoms with Gasteiger partial charge in [-0.1, -0.05) is 30.3 Å². The molecule has 2 aromatic carbocycles. The average Bonchev–Trinajstić information content (AvgIpc) is 3.16. The Hall–Kier alpha value is -3.94. The summed E-state index contributed by atoms with van der Waals surface area (Å²) in [5, 5.41) is 14.3. The molecule has 146 valence electrons. The molecule has 1 aliphatic heterocycles. The van der Waals surface area contributed by atoms with E-state index in [1.54, 1.807) is 30.5 Å². The van der Waals surface area contributed by atoms with E-state index in [2.05, 4.69) is 5.32 Å². The van der Waals surface area contributed by atoms with Crippen LogP contribution < -0.4 is 10.4 Å². The number of urea groups is 1. The molecule has 1 N–H and O–H groups in total. The summed E-state index contributed by atoms with van der Waals surface area (Å²) in [7, 11) is 0. The van der Waals surface area contributed by atoms with Gasteiger partial charge in [-0.3, -0.25) is 9.69 Å². The van der Waals surface area contributed by atoms with Crippen LogP contribution in [-0.4, -0.2) is 27.4 Å². The quantitative estimate of drug-likeness (QED) is 0.527. The first-order chi connectivity index (χ1) is 13.9. The molecule has 1 aliphatic rings. The summed E-state index contributed by atoms with van der Waals surface area (Å²) in [6, 6.07) is 12.1. The first-order valence-corrected chi connectivity index (χ1v) is 8.79. The molecule has 0 atom stereocenters. The number of carboxylic acid groups (broad SMARTS) is 1. The number of nitrogens with zero attached hydrogens (tertiary/aromatic N) is 2. The zero-order valence-corrected chi connectivity index (χ0v) is 15.1. The number of rotatable bonds is 5. The number of halogens is 1. The average molecular weight is 392 g/mol. The van der Waals surface area contributed by atoms with Crippen molar-refractivity contribution < 1.29 is 23.9 Å². The maximum atomic E-state index is 13.1. The Kier molecular flexibility index (Phi) is 4.59. The van der Waals surface area contributed by atoms with Crippen molar-refractivity contribution in [1.29, 1.82) is 0 Å². The molecule has 8 heteroatoms. The second-order valence-electron chi connectivity index (χ2n) is 6.61. The Morgan fingerprint density at radius 1 is 1.10 bits per heavy atom. The van der Waals surface area contributed by atoms with E-state index in [0.717, 1.165) is 10.3 Å². The number of benzene rings is 2. The highest BCUT2D eigenvalue weighted by molar-refractivity contribution is 6.14. The summed E-state index contributed by atoms with van der Waals surface area (Å²) in [4.78, 5) is 37.0. The third-order valence-electron chi connectivity index (χ3n) is 4.63. The van der Waals surface area contributed by atoms with Crippen LogP contribution in [0.25, 0.3) is 17.0 Å². The maximum absolute atomic E-state index is 13.1. The fourth-order valence-electron chi connectivity index (χ4n) is 3.30. The Balaban J connectivity index is 1.65. The molecule has 3 amide bonds. The topological polar surface area (TPSA) is 94.5 Å². The molecule has 7 nitrogen and oxygen atoms in total. The largest absolute Gasteiger partial charge is 0.548 e. The van der Waals surface area contributed by atoms with Crippen LogP contribution in [0.5, 0.6) is 0 Å². The summed E-state index contributed by atoms with van der Waals surface area (Å²) in [5.41, 5.74) is 1.95. The van der Waals surface area contributed by atoms with E-state index >= 15 is 0 Å². The number of aliphatic carboxylic acids is 1. The molecule has 0 bridgehead atoms. The molecule has 3 aromatic rings. The highest BCUT2D eigenvalue weighted by Crippen LogP contribution is 2.25. The van der Waals surface area contributed by atoms with Crippen molar-refractivity contribution in [3.8, 4) is 0 Å². The molecule has 4 rings (SSSR count). The SMILES string of the molecule is O=C([O-])Cn1cc(/C=C2/NC(=O)N(Cc3ccc(F)cc3)C2=O)c2ccccc21. The lowest BCUT2D eigenvalue weighted by Gasteiger charge is -2.11. The number of aromatic nitrogens is 1. The highest BCUT2D eigenvalue weighted by Gasteiger charge is 2.33. The van der Waals surface area contributed by atoms with Crippen molar-refractivity contribution in [3.63, 3.8) is 0 Å². The van der Waals surface area contributed by atoms with E-state index in [-0.39, 0.29) is 18.8 Å². The Bertz CT molecular complexity index is 1160. The van der Waals surface area contributed by atoms with Crippen LogP contribution >= 0.6 is 0 Å². The molecule has 0 unspecified atom stereocenters. The van der Waals surface area contributed by atoms with Gasteiger partial charge in [0.25, 0.3) is 5.91 Å². The van der Waals surface area contributed by atoms with Gasteiger partial charge < -0.3 is 19.8 Å². The van der Waals surface area contributed by atoms with Crippen molar-refractivity contribution >= 4 is 34.9 Å². The predicted octanol–water partition coefficient (Wildman–Crippen LogP) is 1.62. The summed E-state index contributed by atoms with van der Waals surface area (Å²) in [6.45, 7) is -0.324. The van der Waals surface area contributed by atoms with E-state index in [0.29, 0.717) is 16.6 Å². The van der Waals surface area contributed by atoms with Gasteiger partial charge in [-0.25, -0.2) is 9.18 Å². The van der Waals surface area contributed by atoms with Crippen LogP contribution in [0.1, 0.15) is 11.1 Å². The van der Waals surface area contributed by atoms with Crippen LogP contribution in [0, 0.1) is 5.82 Å². The van der Waals surface area contributed by atoms with Gasteiger partial charge in [0.05, 0.1) is 19.1 Å². The van der Waals surface area contributed by atoms with E-state index in [1.165, 1.54) is 34.9 Å². The number of hydrogen-bond acceptors (Lipinski definition) is 4. The first kappa shape index (κ1) is 18.4. The number of imide groups is 1. The number of carboxylic acids is 1.